The van der Waals surface area contributed by atoms with Crippen molar-refractivity contribution in [1.82, 2.24) is 24.0 Å². The van der Waals surface area contributed by atoms with Crippen LogP contribution in [0.3, 0.4) is 0 Å². The number of benzene rings is 1. The summed E-state index contributed by atoms with van der Waals surface area (Å²) >= 11 is 0. The Morgan fingerprint density at radius 1 is 1.08 bits per heavy atom. The number of hydrogen-bond acceptors (Lipinski definition) is 6. The van der Waals surface area contributed by atoms with E-state index in [1.165, 1.54) is 12.8 Å². The van der Waals surface area contributed by atoms with E-state index in [1.54, 1.807) is 14.2 Å². The van der Waals surface area contributed by atoms with Gasteiger partial charge in [0.1, 0.15) is 16.9 Å². The van der Waals surface area contributed by atoms with Gasteiger partial charge in [0.2, 0.25) is 5.88 Å². The molecule has 0 spiro atoms. The molecule has 9 heteroatoms. The molecule has 3 aliphatic rings. The van der Waals surface area contributed by atoms with Crippen LogP contribution in [-0.2, 0) is 18.3 Å². The fraction of sp³-hybridized carbons (Fsp3) is 0.500. The molecule has 0 unspecified atom stereocenters. The molecule has 3 aromatic heterocycles. The zero-order valence-electron chi connectivity index (χ0n) is 22.9. The lowest BCUT2D eigenvalue weighted by Gasteiger charge is -2.41. The molecule has 0 radical (unpaired) electrons. The van der Waals surface area contributed by atoms with Gasteiger partial charge in [0.05, 0.1) is 31.5 Å². The topological polar surface area (TPSA) is 83.6 Å². The summed E-state index contributed by atoms with van der Waals surface area (Å²) in [6.07, 6.45) is 5.84. The Kier molecular flexibility index (Phi) is 5.99. The average Bonchev–Trinajstić information content (AvgIpc) is 3.65. The molecule has 2 aliphatic heterocycles. The minimum Gasteiger partial charge on any atom is -0.494 e. The molecule has 1 aromatic carbocycles. The van der Waals surface area contributed by atoms with Crippen LogP contribution in [0.4, 0.5) is 0 Å². The molecule has 1 saturated carbocycles. The van der Waals surface area contributed by atoms with Crippen LogP contribution in [0.15, 0.2) is 30.3 Å². The molecule has 0 bridgehead atoms. The summed E-state index contributed by atoms with van der Waals surface area (Å²) in [6.45, 7) is 3.19. The summed E-state index contributed by atoms with van der Waals surface area (Å²) in [6, 6.07) is 9.88. The molecule has 4 aromatic rings. The van der Waals surface area contributed by atoms with Crippen molar-refractivity contribution in [2.75, 3.05) is 33.9 Å². The van der Waals surface area contributed by atoms with Crippen LogP contribution in [0, 0.1) is 11.8 Å². The van der Waals surface area contributed by atoms with Gasteiger partial charge in [-0.05, 0) is 62.3 Å². The number of aryl methyl sites for hydroxylation is 1. The molecule has 2 atom stereocenters. The summed E-state index contributed by atoms with van der Waals surface area (Å²) in [4.78, 5) is 25.5. The molecule has 39 heavy (non-hydrogen) atoms. The number of likely N-dealkylation sites (tertiary alicyclic amines) is 1. The minimum absolute atomic E-state index is 0.0329. The van der Waals surface area contributed by atoms with Crippen molar-refractivity contribution in [3.63, 3.8) is 0 Å². The Bertz CT molecular complexity index is 1570. The van der Waals surface area contributed by atoms with Gasteiger partial charge >= 0.3 is 0 Å². The van der Waals surface area contributed by atoms with E-state index in [9.17, 15) is 4.79 Å². The Morgan fingerprint density at radius 2 is 1.95 bits per heavy atom. The van der Waals surface area contributed by atoms with E-state index >= 15 is 0 Å². The van der Waals surface area contributed by atoms with Gasteiger partial charge in [0, 0.05) is 56.2 Å². The fourth-order valence-corrected chi connectivity index (χ4v) is 6.43. The van der Waals surface area contributed by atoms with Crippen molar-refractivity contribution in [3.8, 4) is 23.1 Å². The highest BCUT2D eigenvalue weighted by Crippen LogP contribution is 2.38. The van der Waals surface area contributed by atoms with Crippen LogP contribution in [0.1, 0.15) is 42.5 Å². The number of hydrogen-bond donors (Lipinski definition) is 0. The van der Waals surface area contributed by atoms with Gasteiger partial charge in [-0.3, -0.25) is 4.79 Å². The Hall–Kier alpha value is -3.59. The van der Waals surface area contributed by atoms with Gasteiger partial charge in [0.25, 0.3) is 5.91 Å². The second-order valence-corrected chi connectivity index (χ2v) is 11.2. The first kappa shape index (κ1) is 24.5. The minimum atomic E-state index is 0.0329. The maximum Gasteiger partial charge on any atom is 0.254 e. The average molecular weight is 530 g/mol. The second kappa shape index (κ2) is 9.55. The summed E-state index contributed by atoms with van der Waals surface area (Å²) in [7, 11) is 5.31. The van der Waals surface area contributed by atoms with E-state index in [-0.39, 0.29) is 12.0 Å². The first-order valence-electron chi connectivity index (χ1n) is 14.0. The number of fused-ring (bicyclic) bond motifs is 3. The second-order valence-electron chi connectivity index (χ2n) is 11.2. The van der Waals surface area contributed by atoms with Crippen LogP contribution in [0.2, 0.25) is 0 Å². The third-order valence-corrected chi connectivity index (χ3v) is 8.70. The molecule has 204 valence electrons. The molecule has 7 rings (SSSR count). The van der Waals surface area contributed by atoms with Gasteiger partial charge in [0.15, 0.2) is 5.82 Å². The van der Waals surface area contributed by atoms with Crippen LogP contribution in [0.5, 0.6) is 11.6 Å². The number of carbonyl (C=O) groups excluding carboxylic acids is 1. The Morgan fingerprint density at radius 3 is 2.74 bits per heavy atom. The lowest BCUT2D eigenvalue weighted by atomic mass is 9.88. The Labute approximate surface area is 227 Å². The molecule has 3 fully saturated rings. The number of aromatic nitrogens is 4. The Balaban J connectivity index is 1.29. The van der Waals surface area contributed by atoms with Crippen LogP contribution >= 0.6 is 0 Å². The third kappa shape index (κ3) is 4.23. The molecule has 2 saturated heterocycles. The number of imidazole rings is 1. The number of rotatable bonds is 6. The highest BCUT2D eigenvalue weighted by Gasteiger charge is 2.35. The maximum absolute atomic E-state index is 13.7. The van der Waals surface area contributed by atoms with Crippen LogP contribution < -0.4 is 9.47 Å². The van der Waals surface area contributed by atoms with E-state index in [0.29, 0.717) is 35.6 Å². The summed E-state index contributed by atoms with van der Waals surface area (Å²) < 4.78 is 21.6. The van der Waals surface area contributed by atoms with E-state index in [2.05, 4.69) is 21.3 Å². The predicted octanol–water partition coefficient (Wildman–Crippen LogP) is 4.66. The zero-order valence-corrected chi connectivity index (χ0v) is 22.9. The number of carbonyl (C=O) groups is 1. The van der Waals surface area contributed by atoms with Crippen molar-refractivity contribution >= 4 is 28.0 Å². The standard InChI is InChI=1S/C30H35N5O4/c1-33-27-22(13-21(15-25(27)37-2)30(36)34-11-10-24-20(17-34)5-4-12-39-24)31-29(33)23-14-19-8-9-26(38-3)32-28(19)35(23)16-18-6-7-18/h8-9,13-15,18,20,24H,4-7,10-12,16-17H2,1-3H3/t20-,24+/m1/s1. The van der Waals surface area contributed by atoms with Gasteiger partial charge in [-0.1, -0.05) is 0 Å². The highest BCUT2D eigenvalue weighted by atomic mass is 16.5. The molecule has 0 N–H and O–H groups in total. The summed E-state index contributed by atoms with van der Waals surface area (Å²) in [5, 5.41) is 1.05. The SMILES string of the molecule is COc1ccc2cc(-c3nc4cc(C(=O)N5CC[C@@H]6OCCC[C@@H]6C5)cc(OC)c4n3C)n(CC3CC3)c2n1. The van der Waals surface area contributed by atoms with Gasteiger partial charge in [-0.25, -0.2) is 4.98 Å². The molecule has 1 amide bonds. The van der Waals surface area contributed by atoms with Crippen LogP contribution in [0.25, 0.3) is 33.6 Å². The van der Waals surface area contributed by atoms with E-state index in [1.807, 2.05) is 30.1 Å². The number of ether oxygens (including phenoxy) is 3. The lowest BCUT2D eigenvalue weighted by Crippen LogP contribution is -2.48. The fourth-order valence-electron chi connectivity index (χ4n) is 6.43. The first-order chi connectivity index (χ1) is 19.0. The molecular formula is C30H35N5O4. The lowest BCUT2D eigenvalue weighted by molar-refractivity contribution is -0.0606. The van der Waals surface area contributed by atoms with Crippen molar-refractivity contribution in [2.45, 2.75) is 44.8 Å². The summed E-state index contributed by atoms with van der Waals surface area (Å²) in [5.41, 5.74) is 4.15. The van der Waals surface area contributed by atoms with Gasteiger partial charge in [-0.2, -0.15) is 4.98 Å². The van der Waals surface area contributed by atoms with Crippen molar-refractivity contribution in [2.24, 2.45) is 18.9 Å². The monoisotopic (exact) mass is 529 g/mol. The third-order valence-electron chi connectivity index (χ3n) is 8.70. The molecule has 9 nitrogen and oxygen atoms in total. The number of amides is 1. The predicted molar refractivity (Wildman–Crippen MR) is 148 cm³/mol. The number of methoxy groups -OCH3 is 2. The van der Waals surface area contributed by atoms with Crippen molar-refractivity contribution in [1.29, 1.82) is 0 Å². The molecular weight excluding hydrogens is 494 g/mol. The normalized spacial score (nSPS) is 21.4. The zero-order chi connectivity index (χ0) is 26.7. The highest BCUT2D eigenvalue weighted by molar-refractivity contribution is 6.00. The number of nitrogens with zero attached hydrogens (tertiary/aromatic N) is 5. The molecule has 5 heterocycles. The number of piperidine rings is 1. The largest absolute Gasteiger partial charge is 0.494 e. The smallest absolute Gasteiger partial charge is 0.254 e. The van der Waals surface area contributed by atoms with Crippen molar-refractivity contribution in [3.05, 3.63) is 35.9 Å². The first-order valence-corrected chi connectivity index (χ1v) is 14.0. The quantitative estimate of drug-likeness (QED) is 0.361. The van der Waals surface area contributed by atoms with Gasteiger partial charge < -0.3 is 28.2 Å². The van der Waals surface area contributed by atoms with Gasteiger partial charge in [-0.15, -0.1) is 0 Å². The maximum atomic E-state index is 13.7. The van der Waals surface area contributed by atoms with E-state index in [0.717, 1.165) is 72.5 Å². The van der Waals surface area contributed by atoms with E-state index < -0.39 is 0 Å². The summed E-state index contributed by atoms with van der Waals surface area (Å²) in [5.74, 6) is 3.18. The number of pyridine rings is 1. The molecule has 1 aliphatic carbocycles. The van der Waals surface area contributed by atoms with Crippen LogP contribution in [-0.4, -0.2) is 69.9 Å². The van der Waals surface area contributed by atoms with E-state index in [4.69, 9.17) is 24.2 Å². The van der Waals surface area contributed by atoms with Crippen molar-refractivity contribution < 1.29 is 19.0 Å².